The van der Waals surface area contributed by atoms with Crippen LogP contribution in [0.25, 0.3) is 0 Å². The number of nitrogens with one attached hydrogen (secondary N) is 1. The smallest absolute Gasteiger partial charge is 0.416 e. The molecule has 0 fully saturated rings. The molecule has 150 valence electrons. The topological polar surface area (TPSA) is 95.9 Å². The molecular formula is C17H20F3NO5S. The monoisotopic (exact) mass is 407 g/mol. The van der Waals surface area contributed by atoms with Crippen molar-refractivity contribution in [1.82, 2.24) is 5.32 Å². The van der Waals surface area contributed by atoms with Crippen LogP contribution < -0.4 is 10.1 Å². The zero-order chi connectivity index (χ0) is 20.5. The third-order valence-corrected chi connectivity index (χ3v) is 3.29. The lowest BCUT2D eigenvalue weighted by Crippen LogP contribution is -2.16. The summed E-state index contributed by atoms with van der Waals surface area (Å²) in [5.74, 6) is 0.429. The predicted octanol–water partition coefficient (Wildman–Crippen LogP) is 3.78. The van der Waals surface area contributed by atoms with Gasteiger partial charge in [-0.3, -0.25) is 9.11 Å². The van der Waals surface area contributed by atoms with Gasteiger partial charge in [-0.2, -0.15) is 21.6 Å². The van der Waals surface area contributed by atoms with E-state index in [0.29, 0.717) is 5.75 Å². The van der Waals surface area contributed by atoms with E-state index >= 15 is 0 Å². The molecule has 10 heteroatoms. The summed E-state index contributed by atoms with van der Waals surface area (Å²) in [6, 6.07) is 14.4. The molecule has 0 aliphatic heterocycles. The van der Waals surface area contributed by atoms with E-state index in [0.717, 1.165) is 30.7 Å². The molecule has 3 N–H and O–H groups in total. The van der Waals surface area contributed by atoms with Gasteiger partial charge in [-0.05, 0) is 43.4 Å². The van der Waals surface area contributed by atoms with Gasteiger partial charge in [0.05, 0.1) is 5.56 Å². The first-order chi connectivity index (χ1) is 12.5. The Balaban J connectivity index is 0.000000646. The molecule has 0 aromatic heterocycles. The highest BCUT2D eigenvalue weighted by atomic mass is 32.3. The summed E-state index contributed by atoms with van der Waals surface area (Å²) in [5.41, 5.74) is 0.323. The number of alkyl halides is 3. The molecule has 2 aromatic carbocycles. The SMILES string of the molecule is CNCCC(Oc1ccc(C(F)(F)F)cc1)c1ccccc1.O=S(=O)(O)O. The van der Waals surface area contributed by atoms with E-state index < -0.39 is 22.1 Å². The minimum atomic E-state index is -4.67. The van der Waals surface area contributed by atoms with Gasteiger partial charge in [0.15, 0.2) is 0 Å². The van der Waals surface area contributed by atoms with Gasteiger partial charge in [-0.1, -0.05) is 30.3 Å². The fourth-order valence-corrected chi connectivity index (χ4v) is 2.12. The zero-order valence-electron chi connectivity index (χ0n) is 14.3. The average Bonchev–Trinajstić information content (AvgIpc) is 2.57. The van der Waals surface area contributed by atoms with Gasteiger partial charge >= 0.3 is 16.6 Å². The Morgan fingerprint density at radius 1 is 1.04 bits per heavy atom. The molecule has 6 nitrogen and oxygen atoms in total. The summed E-state index contributed by atoms with van der Waals surface area (Å²) in [6.07, 6.45) is -3.81. The van der Waals surface area contributed by atoms with Crippen LogP contribution in [0.15, 0.2) is 54.6 Å². The molecule has 0 spiro atoms. The number of halogens is 3. The van der Waals surface area contributed by atoms with Crippen molar-refractivity contribution in [3.05, 3.63) is 65.7 Å². The van der Waals surface area contributed by atoms with Crippen LogP contribution in [0.3, 0.4) is 0 Å². The third-order valence-electron chi connectivity index (χ3n) is 3.29. The van der Waals surface area contributed by atoms with Crippen molar-refractivity contribution in [2.24, 2.45) is 0 Å². The van der Waals surface area contributed by atoms with Crippen LogP contribution >= 0.6 is 0 Å². The van der Waals surface area contributed by atoms with E-state index in [2.05, 4.69) is 5.32 Å². The Bertz CT molecular complexity index is 772. The van der Waals surface area contributed by atoms with E-state index in [9.17, 15) is 13.2 Å². The molecule has 0 radical (unpaired) electrons. The molecule has 2 rings (SSSR count). The van der Waals surface area contributed by atoms with Crippen molar-refractivity contribution in [3.63, 3.8) is 0 Å². The number of rotatable bonds is 6. The van der Waals surface area contributed by atoms with E-state index in [1.54, 1.807) is 0 Å². The highest BCUT2D eigenvalue weighted by molar-refractivity contribution is 7.79. The first-order valence-electron chi connectivity index (χ1n) is 7.74. The Morgan fingerprint density at radius 3 is 2.00 bits per heavy atom. The van der Waals surface area contributed by atoms with Crippen molar-refractivity contribution in [2.75, 3.05) is 13.6 Å². The van der Waals surface area contributed by atoms with Gasteiger partial charge in [0.25, 0.3) is 0 Å². The molecule has 1 atom stereocenters. The van der Waals surface area contributed by atoms with Gasteiger partial charge in [0, 0.05) is 6.42 Å². The second kappa shape index (κ2) is 10.3. The first kappa shape index (κ1) is 22.9. The largest absolute Gasteiger partial charge is 0.486 e. The molecule has 1 unspecified atom stereocenters. The van der Waals surface area contributed by atoms with Crippen LogP contribution in [0.1, 0.15) is 23.7 Å². The molecule has 0 heterocycles. The van der Waals surface area contributed by atoms with Crippen LogP contribution in [-0.2, 0) is 16.6 Å². The summed E-state index contributed by atoms with van der Waals surface area (Å²) in [4.78, 5) is 0. The molecule has 0 bridgehead atoms. The normalized spacial score (nSPS) is 12.7. The Labute approximate surface area is 155 Å². The second-order valence-electron chi connectivity index (χ2n) is 5.38. The van der Waals surface area contributed by atoms with E-state index in [1.807, 2.05) is 37.4 Å². The Morgan fingerprint density at radius 2 is 1.56 bits per heavy atom. The standard InChI is InChI=1S/C17H18F3NO.H2O4S/c1-21-12-11-16(13-5-3-2-4-6-13)22-15-9-7-14(8-10-15)17(18,19)20;1-5(2,3)4/h2-10,16,21H,11-12H2,1H3;(H2,1,2,3,4). The molecule has 0 saturated carbocycles. The lowest BCUT2D eigenvalue weighted by molar-refractivity contribution is -0.137. The number of hydrogen-bond donors (Lipinski definition) is 3. The predicted molar refractivity (Wildman–Crippen MR) is 94.0 cm³/mol. The van der Waals surface area contributed by atoms with Gasteiger partial charge < -0.3 is 10.1 Å². The first-order valence-corrected chi connectivity index (χ1v) is 9.13. The lowest BCUT2D eigenvalue weighted by atomic mass is 10.1. The second-order valence-corrected chi connectivity index (χ2v) is 6.28. The summed E-state index contributed by atoms with van der Waals surface area (Å²) < 4.78 is 75.1. The quantitative estimate of drug-likeness (QED) is 0.631. The van der Waals surface area contributed by atoms with Crippen LogP contribution in [0.2, 0.25) is 0 Å². The summed E-state index contributed by atoms with van der Waals surface area (Å²) >= 11 is 0. The van der Waals surface area contributed by atoms with E-state index in [1.165, 1.54) is 12.1 Å². The van der Waals surface area contributed by atoms with Crippen molar-refractivity contribution in [1.29, 1.82) is 0 Å². The Hall–Kier alpha value is -2.14. The summed E-state index contributed by atoms with van der Waals surface area (Å²) in [6.45, 7) is 0.750. The van der Waals surface area contributed by atoms with Gasteiger partial charge in [0.2, 0.25) is 0 Å². The van der Waals surface area contributed by atoms with E-state index in [4.69, 9.17) is 22.3 Å². The minimum Gasteiger partial charge on any atom is -0.486 e. The molecular weight excluding hydrogens is 387 g/mol. The minimum absolute atomic E-state index is 0.203. The van der Waals surface area contributed by atoms with Crippen LogP contribution in [-0.4, -0.2) is 31.1 Å². The van der Waals surface area contributed by atoms with E-state index in [-0.39, 0.29) is 6.10 Å². The van der Waals surface area contributed by atoms with Crippen molar-refractivity contribution >= 4 is 10.4 Å². The van der Waals surface area contributed by atoms with Crippen LogP contribution in [0.5, 0.6) is 5.75 Å². The summed E-state index contributed by atoms with van der Waals surface area (Å²) in [7, 11) is -2.82. The maximum Gasteiger partial charge on any atom is 0.416 e. The van der Waals surface area contributed by atoms with Gasteiger partial charge in [-0.15, -0.1) is 0 Å². The molecule has 2 aromatic rings. The fraction of sp³-hybridized carbons (Fsp3) is 0.294. The maximum atomic E-state index is 12.6. The molecule has 27 heavy (non-hydrogen) atoms. The molecule has 0 aliphatic carbocycles. The van der Waals surface area contributed by atoms with Crippen molar-refractivity contribution in [3.8, 4) is 5.75 Å². The third kappa shape index (κ3) is 9.94. The number of ether oxygens (including phenoxy) is 1. The van der Waals surface area contributed by atoms with Crippen molar-refractivity contribution in [2.45, 2.75) is 18.7 Å². The fourth-order valence-electron chi connectivity index (χ4n) is 2.12. The van der Waals surface area contributed by atoms with Crippen LogP contribution in [0, 0.1) is 0 Å². The number of benzene rings is 2. The van der Waals surface area contributed by atoms with Gasteiger partial charge in [0.1, 0.15) is 11.9 Å². The zero-order valence-corrected chi connectivity index (χ0v) is 15.2. The van der Waals surface area contributed by atoms with Crippen LogP contribution in [0.4, 0.5) is 13.2 Å². The van der Waals surface area contributed by atoms with Gasteiger partial charge in [-0.25, -0.2) is 0 Å². The van der Waals surface area contributed by atoms with Crippen molar-refractivity contribution < 1.29 is 35.4 Å². The average molecular weight is 407 g/mol. The summed E-state index contributed by atoms with van der Waals surface area (Å²) in [5, 5.41) is 3.05. The Kier molecular flexibility index (Phi) is 8.70. The lowest BCUT2D eigenvalue weighted by Gasteiger charge is -2.20. The number of hydrogen-bond acceptors (Lipinski definition) is 4. The highest BCUT2D eigenvalue weighted by Crippen LogP contribution is 2.31. The highest BCUT2D eigenvalue weighted by Gasteiger charge is 2.30. The molecule has 0 amide bonds. The molecule has 0 aliphatic rings. The maximum absolute atomic E-state index is 12.6. The molecule has 0 saturated heterocycles.